The second-order valence-corrected chi connectivity index (χ2v) is 3.45. The van der Waals surface area contributed by atoms with E-state index >= 15 is 0 Å². The zero-order valence-corrected chi connectivity index (χ0v) is 8.88. The van der Waals surface area contributed by atoms with Crippen molar-refractivity contribution in [1.29, 1.82) is 0 Å². The zero-order chi connectivity index (χ0) is 10.2. The highest BCUT2D eigenvalue weighted by molar-refractivity contribution is 4.89. The summed E-state index contributed by atoms with van der Waals surface area (Å²) in [5.74, 6) is 0. The lowest BCUT2D eigenvalue weighted by Gasteiger charge is -2.13. The van der Waals surface area contributed by atoms with Gasteiger partial charge in [0.2, 0.25) is 0 Å². The SMILES string of the molecule is CCCNCC(C)NCc1cn[nH]n1. The number of hydrogen-bond acceptors (Lipinski definition) is 4. The van der Waals surface area contributed by atoms with Gasteiger partial charge in [-0.3, -0.25) is 0 Å². The van der Waals surface area contributed by atoms with Crippen molar-refractivity contribution in [2.24, 2.45) is 0 Å². The third-order valence-corrected chi connectivity index (χ3v) is 1.97. The van der Waals surface area contributed by atoms with Gasteiger partial charge in [-0.05, 0) is 19.9 Å². The highest BCUT2D eigenvalue weighted by atomic mass is 15.3. The molecule has 0 saturated carbocycles. The standard InChI is InChI=1S/C9H19N5/c1-3-4-10-5-8(2)11-6-9-7-12-14-13-9/h7-8,10-11H,3-6H2,1-2H3,(H,12,13,14). The van der Waals surface area contributed by atoms with Crippen molar-refractivity contribution in [2.45, 2.75) is 32.9 Å². The fourth-order valence-corrected chi connectivity index (χ4v) is 1.16. The lowest BCUT2D eigenvalue weighted by atomic mass is 10.3. The molecule has 80 valence electrons. The summed E-state index contributed by atoms with van der Waals surface area (Å²) in [5, 5.41) is 17.0. The van der Waals surface area contributed by atoms with Crippen LogP contribution in [0, 0.1) is 0 Å². The van der Waals surface area contributed by atoms with Gasteiger partial charge in [-0.25, -0.2) is 0 Å². The Kier molecular flexibility index (Phi) is 5.17. The molecule has 0 aliphatic rings. The Morgan fingerprint density at radius 2 is 2.43 bits per heavy atom. The largest absolute Gasteiger partial charge is 0.315 e. The molecule has 3 N–H and O–H groups in total. The molecule has 0 spiro atoms. The topological polar surface area (TPSA) is 65.6 Å². The van der Waals surface area contributed by atoms with Crippen LogP contribution in [0.15, 0.2) is 6.20 Å². The van der Waals surface area contributed by atoms with Crippen LogP contribution in [-0.2, 0) is 6.54 Å². The summed E-state index contributed by atoms with van der Waals surface area (Å²) in [5.41, 5.74) is 0.951. The molecule has 1 aromatic rings. The van der Waals surface area contributed by atoms with E-state index in [1.54, 1.807) is 6.20 Å². The van der Waals surface area contributed by atoms with Crippen LogP contribution in [0.3, 0.4) is 0 Å². The number of aromatic amines is 1. The van der Waals surface area contributed by atoms with Crippen LogP contribution in [0.25, 0.3) is 0 Å². The van der Waals surface area contributed by atoms with E-state index in [2.05, 4.69) is 39.9 Å². The molecule has 5 nitrogen and oxygen atoms in total. The lowest BCUT2D eigenvalue weighted by Crippen LogP contribution is -2.36. The molecule has 0 saturated heterocycles. The van der Waals surface area contributed by atoms with Gasteiger partial charge in [0.1, 0.15) is 0 Å². The van der Waals surface area contributed by atoms with Crippen LogP contribution in [-0.4, -0.2) is 34.5 Å². The number of nitrogens with one attached hydrogen (secondary N) is 3. The van der Waals surface area contributed by atoms with E-state index in [9.17, 15) is 0 Å². The van der Waals surface area contributed by atoms with Gasteiger partial charge in [0.15, 0.2) is 0 Å². The molecule has 5 heteroatoms. The molecule has 1 unspecified atom stereocenters. The molecule has 0 radical (unpaired) electrons. The fourth-order valence-electron chi connectivity index (χ4n) is 1.16. The van der Waals surface area contributed by atoms with Gasteiger partial charge in [-0.2, -0.15) is 15.4 Å². The van der Waals surface area contributed by atoms with Crippen LogP contribution in [0.5, 0.6) is 0 Å². The number of hydrogen-bond donors (Lipinski definition) is 3. The third-order valence-electron chi connectivity index (χ3n) is 1.97. The Labute approximate surface area is 84.7 Å². The molecule has 0 aromatic carbocycles. The normalized spacial score (nSPS) is 13.0. The maximum atomic E-state index is 3.97. The van der Waals surface area contributed by atoms with E-state index < -0.39 is 0 Å². The van der Waals surface area contributed by atoms with E-state index in [1.165, 1.54) is 6.42 Å². The zero-order valence-electron chi connectivity index (χ0n) is 8.88. The van der Waals surface area contributed by atoms with Crippen molar-refractivity contribution in [2.75, 3.05) is 13.1 Å². The predicted octanol–water partition coefficient (Wildman–Crippen LogP) is 0.282. The van der Waals surface area contributed by atoms with Crippen LogP contribution in [0.2, 0.25) is 0 Å². The van der Waals surface area contributed by atoms with E-state index in [1.807, 2.05) is 0 Å². The second-order valence-electron chi connectivity index (χ2n) is 3.45. The first-order valence-corrected chi connectivity index (χ1v) is 5.11. The lowest BCUT2D eigenvalue weighted by molar-refractivity contribution is 0.497. The van der Waals surface area contributed by atoms with E-state index in [4.69, 9.17) is 0 Å². The maximum absolute atomic E-state index is 3.97. The van der Waals surface area contributed by atoms with Crippen molar-refractivity contribution in [3.63, 3.8) is 0 Å². The molecule has 0 fully saturated rings. The Bertz CT molecular complexity index is 221. The van der Waals surface area contributed by atoms with Crippen LogP contribution in [0.1, 0.15) is 26.0 Å². The smallest absolute Gasteiger partial charge is 0.0962 e. The number of rotatable bonds is 7. The Morgan fingerprint density at radius 1 is 1.57 bits per heavy atom. The molecule has 1 aromatic heterocycles. The summed E-state index contributed by atoms with van der Waals surface area (Å²) in [6.07, 6.45) is 2.91. The number of aromatic nitrogens is 3. The van der Waals surface area contributed by atoms with Gasteiger partial charge in [0, 0.05) is 19.1 Å². The summed E-state index contributed by atoms with van der Waals surface area (Å²) in [4.78, 5) is 0. The minimum absolute atomic E-state index is 0.457. The summed E-state index contributed by atoms with van der Waals surface area (Å²) in [7, 11) is 0. The van der Waals surface area contributed by atoms with Gasteiger partial charge in [0.05, 0.1) is 11.9 Å². The molecule has 0 aliphatic carbocycles. The van der Waals surface area contributed by atoms with Gasteiger partial charge < -0.3 is 10.6 Å². The highest BCUT2D eigenvalue weighted by Gasteiger charge is 2.01. The van der Waals surface area contributed by atoms with E-state index in [0.29, 0.717) is 6.04 Å². The van der Waals surface area contributed by atoms with Gasteiger partial charge in [-0.1, -0.05) is 6.92 Å². The van der Waals surface area contributed by atoms with Crippen LogP contribution in [0.4, 0.5) is 0 Å². The maximum Gasteiger partial charge on any atom is 0.0962 e. The molecule has 1 rings (SSSR count). The van der Waals surface area contributed by atoms with Gasteiger partial charge in [0.25, 0.3) is 0 Å². The fraction of sp³-hybridized carbons (Fsp3) is 0.778. The molecular weight excluding hydrogens is 178 g/mol. The van der Waals surface area contributed by atoms with E-state index in [0.717, 1.165) is 25.3 Å². The van der Waals surface area contributed by atoms with Crippen molar-refractivity contribution in [3.8, 4) is 0 Å². The van der Waals surface area contributed by atoms with Crippen LogP contribution < -0.4 is 10.6 Å². The van der Waals surface area contributed by atoms with Crippen molar-refractivity contribution in [1.82, 2.24) is 26.0 Å². The number of nitrogens with zero attached hydrogens (tertiary/aromatic N) is 2. The minimum Gasteiger partial charge on any atom is -0.315 e. The average molecular weight is 197 g/mol. The minimum atomic E-state index is 0.457. The quantitative estimate of drug-likeness (QED) is 0.549. The van der Waals surface area contributed by atoms with E-state index in [-0.39, 0.29) is 0 Å². The van der Waals surface area contributed by atoms with Crippen molar-refractivity contribution in [3.05, 3.63) is 11.9 Å². The first kappa shape index (κ1) is 11.1. The predicted molar refractivity (Wildman–Crippen MR) is 55.8 cm³/mol. The summed E-state index contributed by atoms with van der Waals surface area (Å²) in [6.45, 7) is 7.16. The molecule has 1 atom stereocenters. The summed E-state index contributed by atoms with van der Waals surface area (Å²) >= 11 is 0. The van der Waals surface area contributed by atoms with Crippen molar-refractivity contribution < 1.29 is 0 Å². The first-order chi connectivity index (χ1) is 6.83. The molecule has 0 bridgehead atoms. The van der Waals surface area contributed by atoms with Gasteiger partial charge in [-0.15, -0.1) is 0 Å². The molecule has 0 aliphatic heterocycles. The number of H-pyrrole nitrogens is 1. The van der Waals surface area contributed by atoms with Crippen LogP contribution >= 0.6 is 0 Å². The highest BCUT2D eigenvalue weighted by Crippen LogP contribution is 1.89. The Morgan fingerprint density at radius 3 is 3.07 bits per heavy atom. The molecular formula is C9H19N5. The van der Waals surface area contributed by atoms with Gasteiger partial charge >= 0.3 is 0 Å². The first-order valence-electron chi connectivity index (χ1n) is 5.11. The molecule has 14 heavy (non-hydrogen) atoms. The average Bonchev–Trinajstić information content (AvgIpc) is 2.68. The summed E-state index contributed by atoms with van der Waals surface area (Å²) in [6, 6.07) is 0.457. The molecule has 1 heterocycles. The van der Waals surface area contributed by atoms with Crippen molar-refractivity contribution >= 4 is 0 Å². The second kappa shape index (κ2) is 6.50. The third kappa shape index (κ3) is 4.34. The monoisotopic (exact) mass is 197 g/mol. The summed E-state index contributed by atoms with van der Waals surface area (Å²) < 4.78 is 0. The Hall–Kier alpha value is -0.940. The molecule has 0 amide bonds. The Balaban J connectivity index is 2.06.